The third-order valence-electron chi connectivity index (χ3n) is 3.25. The highest BCUT2D eigenvalue weighted by atomic mass is 35.5. The number of nitro benzene ring substituents is 1. The van der Waals surface area contributed by atoms with E-state index in [4.69, 9.17) is 0 Å². The van der Waals surface area contributed by atoms with Gasteiger partial charge in [-0.3, -0.25) is 14.9 Å². The van der Waals surface area contributed by atoms with E-state index in [1.807, 2.05) is 0 Å². The van der Waals surface area contributed by atoms with Crippen molar-refractivity contribution in [3.05, 3.63) is 39.9 Å². The Morgan fingerprint density at radius 2 is 2.20 bits per heavy atom. The van der Waals surface area contributed by atoms with Crippen molar-refractivity contribution in [2.75, 3.05) is 13.1 Å². The van der Waals surface area contributed by atoms with Gasteiger partial charge in [0.25, 0.3) is 5.69 Å². The molecule has 1 aromatic rings. The summed E-state index contributed by atoms with van der Waals surface area (Å²) < 4.78 is 0. The predicted molar refractivity (Wildman–Crippen MR) is 78.1 cm³/mol. The number of rotatable bonds is 5. The quantitative estimate of drug-likeness (QED) is 0.636. The Bertz CT molecular complexity index is 476. The number of amides is 1. The molecule has 1 amide bonds. The molecule has 110 valence electrons. The van der Waals surface area contributed by atoms with Gasteiger partial charge in [0.2, 0.25) is 5.91 Å². The van der Waals surface area contributed by atoms with Gasteiger partial charge in [-0.1, -0.05) is 18.2 Å². The van der Waals surface area contributed by atoms with E-state index in [2.05, 4.69) is 10.6 Å². The SMILES string of the molecule is Cl.O=C(Cc1ccccc1[N+](=O)[O-])NCC1CCCN1. The van der Waals surface area contributed by atoms with E-state index in [9.17, 15) is 14.9 Å². The third-order valence-corrected chi connectivity index (χ3v) is 3.25. The van der Waals surface area contributed by atoms with Crippen LogP contribution in [0.25, 0.3) is 0 Å². The van der Waals surface area contributed by atoms with Gasteiger partial charge in [-0.05, 0) is 19.4 Å². The highest BCUT2D eigenvalue weighted by molar-refractivity contribution is 5.85. The maximum atomic E-state index is 11.8. The molecule has 1 saturated heterocycles. The van der Waals surface area contributed by atoms with Gasteiger partial charge in [0.1, 0.15) is 0 Å². The van der Waals surface area contributed by atoms with Crippen molar-refractivity contribution >= 4 is 24.0 Å². The van der Waals surface area contributed by atoms with Gasteiger partial charge in [0.05, 0.1) is 11.3 Å². The van der Waals surface area contributed by atoms with Crippen LogP contribution in [-0.4, -0.2) is 30.0 Å². The average molecular weight is 300 g/mol. The topological polar surface area (TPSA) is 84.3 Å². The lowest BCUT2D eigenvalue weighted by Crippen LogP contribution is -2.37. The number of halogens is 1. The van der Waals surface area contributed by atoms with Crippen LogP contribution in [0.5, 0.6) is 0 Å². The summed E-state index contributed by atoms with van der Waals surface area (Å²) in [7, 11) is 0. The molecule has 1 aliphatic heterocycles. The molecular weight excluding hydrogens is 282 g/mol. The number of hydrogen-bond acceptors (Lipinski definition) is 4. The van der Waals surface area contributed by atoms with Crippen molar-refractivity contribution in [3.8, 4) is 0 Å². The molecule has 2 rings (SSSR count). The summed E-state index contributed by atoms with van der Waals surface area (Å²) in [6, 6.07) is 6.66. The number of nitro groups is 1. The Morgan fingerprint density at radius 3 is 2.85 bits per heavy atom. The lowest BCUT2D eigenvalue weighted by molar-refractivity contribution is -0.385. The first-order chi connectivity index (χ1) is 9.16. The Morgan fingerprint density at radius 1 is 1.45 bits per heavy atom. The van der Waals surface area contributed by atoms with Crippen molar-refractivity contribution in [1.29, 1.82) is 0 Å². The number of benzene rings is 1. The van der Waals surface area contributed by atoms with Crippen LogP contribution in [0.4, 0.5) is 5.69 Å². The maximum Gasteiger partial charge on any atom is 0.273 e. The summed E-state index contributed by atoms with van der Waals surface area (Å²) in [6.45, 7) is 1.57. The third kappa shape index (κ3) is 4.47. The van der Waals surface area contributed by atoms with Crippen molar-refractivity contribution in [3.63, 3.8) is 0 Å². The molecule has 6 nitrogen and oxygen atoms in total. The van der Waals surface area contributed by atoms with E-state index in [1.54, 1.807) is 18.2 Å². The van der Waals surface area contributed by atoms with Gasteiger partial charge in [0, 0.05) is 24.2 Å². The highest BCUT2D eigenvalue weighted by Crippen LogP contribution is 2.17. The van der Waals surface area contributed by atoms with Crippen LogP contribution in [0.3, 0.4) is 0 Å². The van der Waals surface area contributed by atoms with Crippen LogP contribution in [0.15, 0.2) is 24.3 Å². The van der Waals surface area contributed by atoms with Gasteiger partial charge in [-0.25, -0.2) is 0 Å². The lowest BCUT2D eigenvalue weighted by Gasteiger charge is -2.11. The summed E-state index contributed by atoms with van der Waals surface area (Å²) in [5.74, 6) is -0.178. The second-order valence-corrected chi connectivity index (χ2v) is 4.66. The van der Waals surface area contributed by atoms with Gasteiger partial charge in [-0.2, -0.15) is 0 Å². The zero-order valence-electron chi connectivity index (χ0n) is 11.0. The van der Waals surface area contributed by atoms with Crippen LogP contribution in [0.1, 0.15) is 18.4 Å². The number of para-hydroxylation sites is 1. The number of nitrogens with one attached hydrogen (secondary N) is 2. The van der Waals surface area contributed by atoms with Crippen molar-refractivity contribution in [2.24, 2.45) is 0 Å². The van der Waals surface area contributed by atoms with Gasteiger partial charge in [0.15, 0.2) is 0 Å². The first-order valence-corrected chi connectivity index (χ1v) is 6.39. The zero-order valence-corrected chi connectivity index (χ0v) is 11.8. The van der Waals surface area contributed by atoms with Crippen molar-refractivity contribution in [1.82, 2.24) is 10.6 Å². The molecule has 20 heavy (non-hydrogen) atoms. The Kier molecular flexibility index (Phi) is 6.41. The largest absolute Gasteiger partial charge is 0.354 e. The van der Waals surface area contributed by atoms with E-state index in [1.165, 1.54) is 6.07 Å². The second kappa shape index (κ2) is 7.81. The summed E-state index contributed by atoms with van der Waals surface area (Å²) in [4.78, 5) is 22.2. The van der Waals surface area contributed by atoms with Crippen LogP contribution >= 0.6 is 12.4 Å². The van der Waals surface area contributed by atoms with Crippen LogP contribution in [-0.2, 0) is 11.2 Å². The van der Waals surface area contributed by atoms with E-state index in [0.29, 0.717) is 18.2 Å². The standard InChI is InChI=1S/C13H17N3O3.ClH/c17-13(15-9-11-5-3-7-14-11)8-10-4-1-2-6-12(10)16(18)19;/h1-2,4,6,11,14H,3,5,7-9H2,(H,15,17);1H. The van der Waals surface area contributed by atoms with E-state index < -0.39 is 4.92 Å². The fraction of sp³-hybridized carbons (Fsp3) is 0.462. The molecule has 1 heterocycles. The number of carbonyl (C=O) groups excluding carboxylic acids is 1. The minimum absolute atomic E-state index is 0. The van der Waals surface area contributed by atoms with Crippen LogP contribution < -0.4 is 10.6 Å². The monoisotopic (exact) mass is 299 g/mol. The minimum Gasteiger partial charge on any atom is -0.354 e. The molecule has 1 aromatic carbocycles. The molecule has 2 N–H and O–H groups in total. The smallest absolute Gasteiger partial charge is 0.273 e. The molecule has 0 aliphatic carbocycles. The molecule has 1 fully saturated rings. The number of hydrogen-bond donors (Lipinski definition) is 2. The molecule has 0 spiro atoms. The molecular formula is C13H18ClN3O3. The maximum absolute atomic E-state index is 11.8. The van der Waals surface area contributed by atoms with Crippen LogP contribution in [0, 0.1) is 10.1 Å². The Balaban J connectivity index is 0.00000200. The fourth-order valence-electron chi connectivity index (χ4n) is 2.24. The second-order valence-electron chi connectivity index (χ2n) is 4.66. The first-order valence-electron chi connectivity index (χ1n) is 6.39. The highest BCUT2D eigenvalue weighted by Gasteiger charge is 2.17. The normalized spacial score (nSPS) is 17.3. The first kappa shape index (κ1) is 16.4. The summed E-state index contributed by atoms with van der Waals surface area (Å²) in [5, 5.41) is 16.9. The molecule has 0 aromatic heterocycles. The molecule has 0 saturated carbocycles. The van der Waals surface area contributed by atoms with E-state index >= 15 is 0 Å². The number of carbonyl (C=O) groups is 1. The molecule has 7 heteroatoms. The number of nitrogens with zero attached hydrogens (tertiary/aromatic N) is 1. The van der Waals surface area contributed by atoms with E-state index in [-0.39, 0.29) is 30.4 Å². The summed E-state index contributed by atoms with van der Waals surface area (Å²) in [6.07, 6.45) is 2.24. The average Bonchev–Trinajstić information content (AvgIpc) is 2.90. The van der Waals surface area contributed by atoms with Gasteiger partial charge in [-0.15, -0.1) is 12.4 Å². The summed E-state index contributed by atoms with van der Waals surface area (Å²) in [5.41, 5.74) is 0.445. The minimum atomic E-state index is -0.457. The molecule has 0 bridgehead atoms. The molecule has 0 radical (unpaired) electrons. The molecule has 1 aliphatic rings. The van der Waals surface area contributed by atoms with E-state index in [0.717, 1.165) is 19.4 Å². The molecule has 1 atom stereocenters. The Labute approximate surface area is 123 Å². The van der Waals surface area contributed by atoms with Crippen LogP contribution in [0.2, 0.25) is 0 Å². The zero-order chi connectivity index (χ0) is 13.7. The fourth-order valence-corrected chi connectivity index (χ4v) is 2.24. The van der Waals surface area contributed by atoms with Gasteiger partial charge >= 0.3 is 0 Å². The lowest BCUT2D eigenvalue weighted by atomic mass is 10.1. The Hall–Kier alpha value is -1.66. The molecule has 1 unspecified atom stereocenters. The summed E-state index contributed by atoms with van der Waals surface area (Å²) >= 11 is 0. The predicted octanol–water partition coefficient (Wildman–Crippen LogP) is 1.43. The van der Waals surface area contributed by atoms with Gasteiger partial charge < -0.3 is 10.6 Å². The van der Waals surface area contributed by atoms with Crippen molar-refractivity contribution in [2.45, 2.75) is 25.3 Å². The van der Waals surface area contributed by atoms with Crippen molar-refractivity contribution < 1.29 is 9.72 Å².